The lowest BCUT2D eigenvalue weighted by atomic mass is 9.93. The van der Waals surface area contributed by atoms with Gasteiger partial charge in [0.1, 0.15) is 244 Å². The summed E-state index contributed by atoms with van der Waals surface area (Å²) in [4.78, 5) is 52.6. The molecule has 0 unspecified atom stereocenters. The highest BCUT2D eigenvalue weighted by Crippen LogP contribution is 2.42. The van der Waals surface area contributed by atoms with Crippen molar-refractivity contribution in [3.8, 4) is 0 Å². The minimum absolute atomic E-state index is 0.883. The Hall–Kier alpha value is -4.04. The molecule has 11 aliphatic rings. The van der Waals surface area contributed by atoms with Crippen LogP contribution < -0.4 is 21.3 Å². The van der Waals surface area contributed by atoms with Crippen LogP contribution in [0, 0.1) is 0 Å². The first-order valence-corrected chi connectivity index (χ1v) is 41.6. The second-order valence-electron chi connectivity index (χ2n) is 33.3. The van der Waals surface area contributed by atoms with Crippen molar-refractivity contribution in [1.29, 1.82) is 0 Å². The second-order valence-corrected chi connectivity index (χ2v) is 33.3. The maximum atomic E-state index is 13.6. The van der Waals surface area contributed by atoms with Crippen LogP contribution in [0.15, 0.2) is 0 Å². The zero-order valence-electron chi connectivity index (χ0n) is 70.1. The van der Waals surface area contributed by atoms with E-state index in [1.807, 2.05) is 0 Å². The second kappa shape index (κ2) is 45.5. The van der Waals surface area contributed by atoms with Crippen molar-refractivity contribution in [2.24, 2.45) is 0 Å². The molecule has 4 amide bonds. The Balaban J connectivity index is 0.992. The number of nitrogens with one attached hydrogen (secondary N) is 4. The van der Waals surface area contributed by atoms with E-state index in [1.54, 1.807) is 0 Å². The van der Waals surface area contributed by atoms with Gasteiger partial charge < -0.3 is 259 Å². The first kappa shape index (κ1) is 105. The zero-order chi connectivity index (χ0) is 94.8. The first-order chi connectivity index (χ1) is 60.9. The van der Waals surface area contributed by atoms with Gasteiger partial charge in [0, 0.05) is 27.7 Å². The first-order valence-electron chi connectivity index (χ1n) is 41.6. The topological polar surface area (TPSA) is 856 Å². The number of amides is 4. The van der Waals surface area contributed by atoms with Gasteiger partial charge in [-0.3, -0.25) is 19.2 Å². The highest BCUT2D eigenvalue weighted by Gasteiger charge is 2.63. The molecule has 11 rings (SSSR count). The van der Waals surface area contributed by atoms with Crippen molar-refractivity contribution in [2.45, 2.75) is 380 Å². The Bertz CT molecular complexity index is 3540. The summed E-state index contributed by atoms with van der Waals surface area (Å²) in [5, 5.41) is 315. The Labute approximate surface area is 732 Å². The monoisotopic (exact) mass is 1890 g/mol. The van der Waals surface area contributed by atoms with Crippen LogP contribution in [0.25, 0.3) is 0 Å². The molecule has 56 heteroatoms. The fourth-order valence-electron chi connectivity index (χ4n) is 16.9. The molecule has 0 aromatic rings. The number of rotatable bonds is 31. The van der Waals surface area contributed by atoms with E-state index in [2.05, 4.69) is 21.3 Å². The van der Waals surface area contributed by atoms with Crippen molar-refractivity contribution >= 4 is 23.6 Å². The quantitative estimate of drug-likeness (QED) is 0.0306. The summed E-state index contributed by atoms with van der Waals surface area (Å²) in [6.07, 6.45) is -104. The van der Waals surface area contributed by atoms with Gasteiger partial charge >= 0.3 is 0 Å². The van der Waals surface area contributed by atoms with Crippen LogP contribution in [0.4, 0.5) is 0 Å². The van der Waals surface area contributed by atoms with E-state index in [0.717, 1.165) is 27.7 Å². The van der Waals surface area contributed by atoms with Crippen LogP contribution in [-0.4, -0.2) is 546 Å². The predicted molar refractivity (Wildman–Crippen MR) is 398 cm³/mol. The minimum atomic E-state index is -2.62. The fraction of sp³-hybridized carbons (Fsp3) is 0.945. The van der Waals surface area contributed by atoms with Gasteiger partial charge in [0.05, 0.1) is 71.2 Å². The zero-order valence-corrected chi connectivity index (χ0v) is 70.1. The van der Waals surface area contributed by atoms with Gasteiger partial charge in [0.25, 0.3) is 0 Å². The number of carbonyl (C=O) groups excluding carboxylic acids is 4. The standard InChI is InChI=1S/C73H122N4O52/c1-16-35(89)45(99)51(105)68(111-16)121-54-26(10-80)118-65(32(42(54)96)75-20(5)85)127-60-48(102)39(93)24(8-78)115-71(60)110-15-30-41(95)59(126-72-61(49(103)40(94)25(9-79)116-72)128-66-33(76-21(6)86)43(97)55(27(11-81)119-66)122-69-52(106)46(100)36(90)17(2)112-69)62(129-67-50(104)38(92)23(88)14-109-67)73(120-30)123-56-28(12-82)117-64(31(44(56)98)74-19(4)84)124-57-29(13-83)114-63(108)34(77-22(7)87)58(57)125-70-53(107)47(101)37(91)18(3)113-70/h16-18,23-73,78-83,88-108H,8-15H2,1-7H3,(H,74,84)(H,75,85)(H,76,86)(H,77,87)/t16-,17-,18-,23+,24+,25+,26+,27+,28+,29+,30+,31+,32+,33+,34+,35+,36+,37+,38-,39+,40+,41+,42+,43+,44+,45+,46+,47+,48-,49-,50+,51-,52-,53-,54+,55+,56+,57+,58+,59-,60-,61-,62-,63+,64-,65-,66-,67-,68-,69-,70-,71-,72+,73-/m0/s1. The summed E-state index contributed by atoms with van der Waals surface area (Å²) in [5.41, 5.74) is 0. The molecule has 11 fully saturated rings. The minimum Gasteiger partial charge on any atom is -0.394 e. The Morgan fingerprint density at radius 1 is 0.248 bits per heavy atom. The maximum absolute atomic E-state index is 13.6. The van der Waals surface area contributed by atoms with Crippen molar-refractivity contribution in [2.75, 3.05) is 52.9 Å². The van der Waals surface area contributed by atoms with Crippen molar-refractivity contribution in [3.63, 3.8) is 0 Å². The molecule has 54 atom stereocenters. The normalized spacial score (nSPS) is 50.7. The highest BCUT2D eigenvalue weighted by atomic mass is 16.8. The van der Waals surface area contributed by atoms with E-state index in [-0.39, 0.29) is 0 Å². The smallest absolute Gasteiger partial charge is 0.217 e. The average Bonchev–Trinajstić information content (AvgIpc) is 0.756. The van der Waals surface area contributed by atoms with Crippen LogP contribution in [0.2, 0.25) is 0 Å². The summed E-state index contributed by atoms with van der Waals surface area (Å²) >= 11 is 0. The molecule has 11 saturated heterocycles. The molecule has 129 heavy (non-hydrogen) atoms. The lowest BCUT2D eigenvalue weighted by Crippen LogP contribution is -2.72. The third-order valence-corrected chi connectivity index (χ3v) is 24.1. The van der Waals surface area contributed by atoms with Gasteiger partial charge in [-0.2, -0.15) is 0 Å². The van der Waals surface area contributed by atoms with E-state index in [9.17, 15) is 157 Å². The van der Waals surface area contributed by atoms with E-state index in [0.29, 0.717) is 0 Å². The predicted octanol–water partition coefficient (Wildman–Crippen LogP) is -20.7. The number of ether oxygens (including phenoxy) is 21. The van der Waals surface area contributed by atoms with Gasteiger partial charge in [-0.1, -0.05) is 0 Å². The van der Waals surface area contributed by atoms with Gasteiger partial charge in [-0.05, 0) is 20.8 Å². The van der Waals surface area contributed by atoms with Gasteiger partial charge in [0.2, 0.25) is 23.6 Å². The van der Waals surface area contributed by atoms with E-state index in [4.69, 9.17) is 99.5 Å². The van der Waals surface area contributed by atoms with Crippen LogP contribution >= 0.6 is 0 Å². The molecule has 746 valence electrons. The third-order valence-electron chi connectivity index (χ3n) is 24.1. The average molecular weight is 1890 g/mol. The highest BCUT2D eigenvalue weighted by molar-refractivity contribution is 5.74. The number of hydrogen-bond acceptors (Lipinski definition) is 52. The maximum Gasteiger partial charge on any atom is 0.217 e. The molecule has 0 aromatic heterocycles. The fourth-order valence-corrected chi connectivity index (χ4v) is 16.9. The molecule has 0 aromatic carbocycles. The number of aliphatic hydroxyl groups excluding tert-OH is 27. The lowest BCUT2D eigenvalue weighted by Gasteiger charge is -2.52. The molecular weight excluding hydrogens is 1760 g/mol. The Kier molecular flexibility index (Phi) is 37.2. The molecule has 11 aliphatic heterocycles. The SMILES string of the molecule is CC(=O)N[C@@H]1[C@@H](O[C@@H]2O[C@@H](C)[C@@H](O)[C@@H](O)[C@@H]2O)[C@H](O[C@@H]2O[C@H](CO)[C@@H](O[C@@H]3O[C@H](CO[C@H]4O[C@H](CO)[C@@H](O)[C@H](O)[C@@H]4O[C@@H]4O[C@H](CO)[C@@H](O[C@@H]5O[C@@H](C)[C@@H](O)[C@@H](O)[C@@H]5O)[C@H](O)[C@H]4NC(C)=O)[C@@H](O)[C@H](O[C@H]4O[C@H](CO)[C@@H](O)[C@H](O)[C@@H]4O[C@@H]4O[C@H](CO)[C@@H](O[C@@H]5O[C@@H](C)[C@@H](O)[C@@H](O)[C@@H]5O)[C@H](O)[C@H]4NC(C)=O)[C@@H]3O[C@@H]3OC[C@@H](O)[C@H](O)[C@H]3O)[C@H](O)[C@H]2NC(C)=O)[C@@H](CO)O[C@H]1O. The molecule has 0 bridgehead atoms. The van der Waals surface area contributed by atoms with Crippen molar-refractivity contribution in [3.05, 3.63) is 0 Å². The largest absolute Gasteiger partial charge is 0.394 e. The van der Waals surface area contributed by atoms with Crippen molar-refractivity contribution in [1.82, 2.24) is 21.3 Å². The molecule has 56 nitrogen and oxygen atoms in total. The number of carbonyl (C=O) groups is 4. The van der Waals surface area contributed by atoms with Gasteiger partial charge in [-0.25, -0.2) is 0 Å². The van der Waals surface area contributed by atoms with E-state index >= 15 is 0 Å². The Morgan fingerprint density at radius 2 is 0.543 bits per heavy atom. The van der Waals surface area contributed by atoms with Crippen molar-refractivity contribution < 1.29 is 257 Å². The number of aliphatic hydroxyl groups is 27. The molecule has 0 radical (unpaired) electrons. The molecule has 31 N–H and O–H groups in total. The van der Waals surface area contributed by atoms with Crippen LogP contribution in [0.1, 0.15) is 48.5 Å². The Morgan fingerprint density at radius 3 is 0.930 bits per heavy atom. The van der Waals surface area contributed by atoms with Crippen LogP contribution in [0.5, 0.6) is 0 Å². The third kappa shape index (κ3) is 23.2. The number of hydrogen-bond donors (Lipinski definition) is 31. The van der Waals surface area contributed by atoms with Crippen LogP contribution in [0.3, 0.4) is 0 Å². The summed E-state index contributed by atoms with van der Waals surface area (Å²) < 4.78 is 128. The lowest BCUT2D eigenvalue weighted by molar-refractivity contribution is -0.413. The molecule has 0 spiro atoms. The molecule has 0 aliphatic carbocycles. The molecule has 11 heterocycles. The summed E-state index contributed by atoms with van der Waals surface area (Å²) in [7, 11) is 0. The molecule has 0 saturated carbocycles. The van der Waals surface area contributed by atoms with E-state index < -0.39 is 408 Å². The van der Waals surface area contributed by atoms with E-state index in [1.165, 1.54) is 20.8 Å². The summed E-state index contributed by atoms with van der Waals surface area (Å²) in [6.45, 7) is -1.79. The van der Waals surface area contributed by atoms with Gasteiger partial charge in [0.15, 0.2) is 69.2 Å². The summed E-state index contributed by atoms with van der Waals surface area (Å²) in [5.74, 6) is -3.84. The summed E-state index contributed by atoms with van der Waals surface area (Å²) in [6, 6.07) is -7.83. The van der Waals surface area contributed by atoms with Crippen LogP contribution in [-0.2, 0) is 119 Å². The molecular formula is C73H122N4O52. The van der Waals surface area contributed by atoms with Gasteiger partial charge in [-0.15, -0.1) is 0 Å².